The van der Waals surface area contributed by atoms with Crippen molar-refractivity contribution >= 4 is 5.91 Å². The number of aliphatic hydroxyl groups excluding tert-OH is 3. The average Bonchev–Trinajstić information content (AvgIpc) is 2.05. The molecular formula is C6H11NO4. The predicted molar refractivity (Wildman–Crippen MR) is 37.2 cm³/mol. The highest BCUT2D eigenvalue weighted by atomic mass is 16.3. The van der Waals surface area contributed by atoms with Crippen LogP contribution < -0.4 is 0 Å². The number of carbonyl (C=O) groups is 1. The highest BCUT2D eigenvalue weighted by Crippen LogP contribution is 1.95. The normalized spacial score (nSPS) is 9.36. The molecule has 0 heterocycles. The van der Waals surface area contributed by atoms with Gasteiger partial charge in [-0.05, 0) is 0 Å². The van der Waals surface area contributed by atoms with E-state index in [0.29, 0.717) is 0 Å². The number of amides is 1. The maximum Gasteiger partial charge on any atom is 0.255 e. The first-order valence-corrected chi connectivity index (χ1v) is 2.97. The van der Waals surface area contributed by atoms with Gasteiger partial charge in [0.1, 0.15) is 13.5 Å². The summed E-state index contributed by atoms with van der Waals surface area (Å²) in [4.78, 5) is 11.6. The lowest BCUT2D eigenvalue weighted by Gasteiger charge is -2.16. The van der Waals surface area contributed by atoms with Gasteiger partial charge in [-0.3, -0.25) is 9.69 Å². The Kier molecular flexibility index (Phi) is 4.44. The molecule has 5 heteroatoms. The molecule has 0 aliphatic heterocycles. The van der Waals surface area contributed by atoms with Crippen molar-refractivity contribution in [1.82, 2.24) is 4.90 Å². The van der Waals surface area contributed by atoms with Crippen LogP contribution in [0, 0.1) is 0 Å². The Morgan fingerprint density at radius 1 is 1.27 bits per heavy atom. The molecule has 0 atom stereocenters. The van der Waals surface area contributed by atoms with Crippen molar-refractivity contribution in [2.24, 2.45) is 0 Å². The van der Waals surface area contributed by atoms with Crippen LogP contribution in [0.25, 0.3) is 0 Å². The van der Waals surface area contributed by atoms with E-state index in [9.17, 15) is 4.79 Å². The van der Waals surface area contributed by atoms with Crippen molar-refractivity contribution in [3.8, 4) is 0 Å². The summed E-state index contributed by atoms with van der Waals surface area (Å²) in [5.74, 6) is -0.655. The molecule has 64 valence electrons. The second-order valence-electron chi connectivity index (χ2n) is 1.89. The third kappa shape index (κ3) is 2.67. The first-order chi connectivity index (χ1) is 5.17. The zero-order valence-electron chi connectivity index (χ0n) is 6.03. The Hall–Kier alpha value is -0.910. The van der Waals surface area contributed by atoms with Crippen molar-refractivity contribution < 1.29 is 20.1 Å². The summed E-state index contributed by atoms with van der Waals surface area (Å²) in [5.41, 5.74) is -0.0619. The van der Waals surface area contributed by atoms with Gasteiger partial charge in [0.05, 0.1) is 6.61 Å². The summed E-state index contributed by atoms with van der Waals surface area (Å²) in [6.45, 7) is 1.57. The maximum atomic E-state index is 10.9. The van der Waals surface area contributed by atoms with Crippen molar-refractivity contribution in [3.05, 3.63) is 12.2 Å². The SMILES string of the molecule is C=C(CO)C(=O)N(CO)CO. The Morgan fingerprint density at radius 3 is 2.00 bits per heavy atom. The summed E-state index contributed by atoms with van der Waals surface area (Å²) in [6, 6.07) is 0. The van der Waals surface area contributed by atoms with E-state index in [1.165, 1.54) is 0 Å². The van der Waals surface area contributed by atoms with Gasteiger partial charge in [-0.25, -0.2) is 0 Å². The molecule has 0 bridgehead atoms. The van der Waals surface area contributed by atoms with Crippen molar-refractivity contribution in [3.63, 3.8) is 0 Å². The molecule has 0 saturated carbocycles. The van der Waals surface area contributed by atoms with Gasteiger partial charge in [0.25, 0.3) is 5.91 Å². The fraction of sp³-hybridized carbons (Fsp3) is 0.500. The van der Waals surface area contributed by atoms with Crippen molar-refractivity contribution in [2.45, 2.75) is 0 Å². The largest absolute Gasteiger partial charge is 0.391 e. The first kappa shape index (κ1) is 10.1. The highest BCUT2D eigenvalue weighted by Gasteiger charge is 2.13. The van der Waals surface area contributed by atoms with Crippen LogP contribution in [0.15, 0.2) is 12.2 Å². The molecule has 0 aliphatic carbocycles. The summed E-state index contributed by atoms with van der Waals surface area (Å²) >= 11 is 0. The van der Waals surface area contributed by atoms with E-state index in [1.807, 2.05) is 0 Å². The molecular weight excluding hydrogens is 150 g/mol. The highest BCUT2D eigenvalue weighted by molar-refractivity contribution is 5.92. The second-order valence-corrected chi connectivity index (χ2v) is 1.89. The Labute approximate surface area is 64.2 Å². The Morgan fingerprint density at radius 2 is 1.73 bits per heavy atom. The Balaban J connectivity index is 4.09. The van der Waals surface area contributed by atoms with Crippen LogP contribution in [0.5, 0.6) is 0 Å². The molecule has 0 fully saturated rings. The van der Waals surface area contributed by atoms with E-state index in [-0.39, 0.29) is 5.57 Å². The van der Waals surface area contributed by atoms with E-state index in [2.05, 4.69) is 6.58 Å². The molecule has 0 radical (unpaired) electrons. The van der Waals surface area contributed by atoms with E-state index in [1.54, 1.807) is 0 Å². The minimum Gasteiger partial charge on any atom is -0.391 e. The van der Waals surface area contributed by atoms with Gasteiger partial charge in [-0.1, -0.05) is 6.58 Å². The molecule has 3 N–H and O–H groups in total. The molecule has 0 unspecified atom stereocenters. The lowest BCUT2D eigenvalue weighted by atomic mass is 10.3. The van der Waals surface area contributed by atoms with Gasteiger partial charge in [0, 0.05) is 5.57 Å². The fourth-order valence-corrected chi connectivity index (χ4v) is 0.464. The van der Waals surface area contributed by atoms with E-state index < -0.39 is 26.0 Å². The minimum absolute atomic E-state index is 0.0619. The number of hydrogen-bond acceptors (Lipinski definition) is 4. The van der Waals surface area contributed by atoms with Crippen LogP contribution in [-0.4, -0.2) is 46.2 Å². The van der Waals surface area contributed by atoms with Crippen LogP contribution >= 0.6 is 0 Å². The molecule has 0 aliphatic rings. The van der Waals surface area contributed by atoms with E-state index in [4.69, 9.17) is 15.3 Å². The molecule has 11 heavy (non-hydrogen) atoms. The fourth-order valence-electron chi connectivity index (χ4n) is 0.464. The van der Waals surface area contributed by atoms with Crippen molar-refractivity contribution in [1.29, 1.82) is 0 Å². The smallest absolute Gasteiger partial charge is 0.255 e. The quantitative estimate of drug-likeness (QED) is 0.338. The van der Waals surface area contributed by atoms with Crippen LogP contribution in [0.3, 0.4) is 0 Å². The molecule has 0 aromatic heterocycles. The van der Waals surface area contributed by atoms with Gasteiger partial charge in [0.15, 0.2) is 0 Å². The van der Waals surface area contributed by atoms with Gasteiger partial charge < -0.3 is 15.3 Å². The number of carbonyl (C=O) groups excluding carboxylic acids is 1. The predicted octanol–water partition coefficient (Wildman–Crippen LogP) is -1.74. The van der Waals surface area contributed by atoms with E-state index in [0.717, 1.165) is 4.90 Å². The van der Waals surface area contributed by atoms with Gasteiger partial charge in [-0.15, -0.1) is 0 Å². The monoisotopic (exact) mass is 161 g/mol. The third-order valence-electron chi connectivity index (χ3n) is 1.12. The maximum absolute atomic E-state index is 10.9. The number of nitrogens with zero attached hydrogens (tertiary/aromatic N) is 1. The minimum atomic E-state index is -0.655. The summed E-state index contributed by atoms with van der Waals surface area (Å²) < 4.78 is 0. The summed E-state index contributed by atoms with van der Waals surface area (Å²) in [5, 5.41) is 25.4. The molecule has 0 aromatic rings. The van der Waals surface area contributed by atoms with Crippen molar-refractivity contribution in [2.75, 3.05) is 20.1 Å². The molecule has 5 nitrogen and oxygen atoms in total. The van der Waals surface area contributed by atoms with Crippen LogP contribution in [-0.2, 0) is 4.79 Å². The number of rotatable bonds is 4. The standard InChI is InChI=1S/C6H11NO4/c1-5(2-8)6(11)7(3-9)4-10/h8-10H,1-4H2. The molecule has 0 spiro atoms. The Bertz CT molecular complexity index is 153. The van der Waals surface area contributed by atoms with Crippen LogP contribution in [0.1, 0.15) is 0 Å². The third-order valence-corrected chi connectivity index (χ3v) is 1.12. The molecule has 0 saturated heterocycles. The number of hydrogen-bond donors (Lipinski definition) is 3. The topological polar surface area (TPSA) is 81.0 Å². The molecule has 0 aromatic carbocycles. The summed E-state index contributed by atoms with van der Waals surface area (Å²) in [6.07, 6.45) is 0. The average molecular weight is 161 g/mol. The first-order valence-electron chi connectivity index (χ1n) is 2.97. The van der Waals surface area contributed by atoms with Gasteiger partial charge in [0.2, 0.25) is 0 Å². The van der Waals surface area contributed by atoms with Crippen LogP contribution in [0.2, 0.25) is 0 Å². The molecule has 1 amide bonds. The van der Waals surface area contributed by atoms with E-state index >= 15 is 0 Å². The van der Waals surface area contributed by atoms with Crippen LogP contribution in [0.4, 0.5) is 0 Å². The zero-order valence-corrected chi connectivity index (χ0v) is 6.03. The lowest BCUT2D eigenvalue weighted by Crippen LogP contribution is -2.34. The summed E-state index contributed by atoms with van der Waals surface area (Å²) in [7, 11) is 0. The van der Waals surface area contributed by atoms with Gasteiger partial charge in [-0.2, -0.15) is 0 Å². The number of aliphatic hydroxyl groups is 3. The zero-order chi connectivity index (χ0) is 8.85. The lowest BCUT2D eigenvalue weighted by molar-refractivity contribution is -0.135. The van der Waals surface area contributed by atoms with Gasteiger partial charge >= 0.3 is 0 Å². The molecule has 0 rings (SSSR count). The second kappa shape index (κ2) is 4.84.